The third kappa shape index (κ3) is 0.922. The van der Waals surface area contributed by atoms with Gasteiger partial charge in [0, 0.05) is 12.4 Å². The highest BCUT2D eigenvalue weighted by Crippen LogP contribution is 2.23. The third-order valence-corrected chi connectivity index (χ3v) is 2.73. The van der Waals surface area contributed by atoms with Gasteiger partial charge in [-0.1, -0.05) is 0 Å². The molecule has 2 aromatic heterocycles. The lowest BCUT2D eigenvalue weighted by atomic mass is 10.3. The van der Waals surface area contributed by atoms with E-state index in [1.807, 2.05) is 17.6 Å². The zero-order chi connectivity index (χ0) is 8.67. The summed E-state index contributed by atoms with van der Waals surface area (Å²) in [6.07, 6.45) is 3.39. The molecule has 0 amide bonds. The van der Waals surface area contributed by atoms with Crippen molar-refractivity contribution in [2.45, 2.75) is 0 Å². The average Bonchev–Trinajstić information content (AvgIpc) is 2.65. The molecule has 0 unspecified atom stereocenters. The van der Waals surface area contributed by atoms with Crippen molar-refractivity contribution in [2.24, 2.45) is 0 Å². The van der Waals surface area contributed by atoms with Crippen LogP contribution >= 0.6 is 11.3 Å². The Kier molecular flexibility index (Phi) is 1.31. The van der Waals surface area contributed by atoms with E-state index in [9.17, 15) is 0 Å². The number of rotatable bonds is 0. The average molecular weight is 187 g/mol. The molecule has 0 radical (unpaired) electrons. The van der Waals surface area contributed by atoms with E-state index in [2.05, 4.69) is 15.0 Å². The summed E-state index contributed by atoms with van der Waals surface area (Å²) in [6.45, 7) is 0. The summed E-state index contributed by atoms with van der Waals surface area (Å²) in [6, 6.07) is 4.01. The van der Waals surface area contributed by atoms with Gasteiger partial charge in [-0.15, -0.1) is 11.3 Å². The molecule has 0 aliphatic carbocycles. The molecule has 1 aromatic carbocycles. The van der Waals surface area contributed by atoms with E-state index >= 15 is 0 Å². The fourth-order valence-corrected chi connectivity index (χ4v) is 2.04. The molecule has 13 heavy (non-hydrogen) atoms. The molecule has 0 atom stereocenters. The highest BCUT2D eigenvalue weighted by molar-refractivity contribution is 7.16. The van der Waals surface area contributed by atoms with Crippen molar-refractivity contribution in [2.75, 3.05) is 0 Å². The molecule has 0 fully saturated rings. The Labute approximate surface area is 78.1 Å². The van der Waals surface area contributed by atoms with Gasteiger partial charge in [0.05, 0.1) is 15.7 Å². The highest BCUT2D eigenvalue weighted by Gasteiger charge is 2.03. The normalized spacial score (nSPS) is 11.1. The second-order valence-corrected chi connectivity index (χ2v) is 3.58. The first-order valence-corrected chi connectivity index (χ1v) is 4.76. The van der Waals surface area contributed by atoms with E-state index in [0.717, 1.165) is 21.3 Å². The maximum absolute atomic E-state index is 4.26. The zero-order valence-corrected chi connectivity index (χ0v) is 7.45. The lowest BCUT2D eigenvalue weighted by Gasteiger charge is -1.94. The molecule has 0 aliphatic heterocycles. The standard InChI is InChI=1S/C9H5N3S/c1-2-7-9(12-5-13-7)8-6(1)10-3-4-11-8/h1-5H. The Bertz CT molecular complexity index is 573. The third-order valence-electron chi connectivity index (χ3n) is 1.94. The second-order valence-electron chi connectivity index (χ2n) is 2.69. The molecule has 2 heterocycles. The second kappa shape index (κ2) is 2.47. The van der Waals surface area contributed by atoms with Crippen molar-refractivity contribution in [3.05, 3.63) is 30.0 Å². The molecule has 62 valence electrons. The van der Waals surface area contributed by atoms with E-state index in [4.69, 9.17) is 0 Å². The summed E-state index contributed by atoms with van der Waals surface area (Å²) in [5.74, 6) is 0. The van der Waals surface area contributed by atoms with E-state index in [-0.39, 0.29) is 0 Å². The number of fused-ring (bicyclic) bond motifs is 3. The van der Waals surface area contributed by atoms with Gasteiger partial charge < -0.3 is 0 Å². The maximum atomic E-state index is 4.26. The molecule has 3 nitrogen and oxygen atoms in total. The first-order chi connectivity index (χ1) is 6.45. The number of hydrogen-bond acceptors (Lipinski definition) is 4. The number of benzene rings is 1. The SMILES string of the molecule is c1cnc2c(ccc3scnc32)n1. The Morgan fingerprint density at radius 3 is 2.85 bits per heavy atom. The predicted octanol–water partition coefficient (Wildman–Crippen LogP) is 2.24. The minimum Gasteiger partial charge on any atom is -0.253 e. The van der Waals surface area contributed by atoms with Gasteiger partial charge in [-0.2, -0.15) is 0 Å². The Morgan fingerprint density at radius 2 is 1.85 bits per heavy atom. The summed E-state index contributed by atoms with van der Waals surface area (Å²) in [5, 5.41) is 0. The van der Waals surface area contributed by atoms with Crippen LogP contribution in [-0.4, -0.2) is 15.0 Å². The Morgan fingerprint density at radius 1 is 0.923 bits per heavy atom. The van der Waals surface area contributed by atoms with Crippen molar-refractivity contribution in [3.8, 4) is 0 Å². The predicted molar refractivity (Wildman–Crippen MR) is 52.7 cm³/mol. The summed E-state index contributed by atoms with van der Waals surface area (Å²) in [7, 11) is 0. The summed E-state index contributed by atoms with van der Waals surface area (Å²) in [4.78, 5) is 12.7. The summed E-state index contributed by atoms with van der Waals surface area (Å²) < 4.78 is 1.16. The van der Waals surface area contributed by atoms with Crippen LogP contribution in [0, 0.1) is 0 Å². The van der Waals surface area contributed by atoms with Crippen LogP contribution in [0.3, 0.4) is 0 Å². The minimum absolute atomic E-state index is 0.890. The molecular formula is C9H5N3S. The summed E-state index contributed by atoms with van der Waals surface area (Å²) >= 11 is 1.62. The van der Waals surface area contributed by atoms with E-state index in [0.29, 0.717) is 0 Å². The molecule has 3 rings (SSSR count). The minimum atomic E-state index is 0.890. The van der Waals surface area contributed by atoms with E-state index < -0.39 is 0 Å². The first kappa shape index (κ1) is 6.91. The lowest BCUT2D eigenvalue weighted by molar-refractivity contribution is 1.30. The van der Waals surface area contributed by atoms with Crippen molar-refractivity contribution in [1.29, 1.82) is 0 Å². The van der Waals surface area contributed by atoms with Crippen molar-refractivity contribution in [3.63, 3.8) is 0 Å². The molecular weight excluding hydrogens is 182 g/mol. The van der Waals surface area contributed by atoms with Crippen LogP contribution in [0.1, 0.15) is 0 Å². The van der Waals surface area contributed by atoms with Gasteiger partial charge in [0.1, 0.15) is 11.0 Å². The van der Waals surface area contributed by atoms with Gasteiger partial charge in [-0.05, 0) is 12.1 Å². The smallest absolute Gasteiger partial charge is 0.116 e. The van der Waals surface area contributed by atoms with Crippen molar-refractivity contribution >= 4 is 32.6 Å². The molecule has 0 aliphatic rings. The van der Waals surface area contributed by atoms with Crippen molar-refractivity contribution in [1.82, 2.24) is 15.0 Å². The van der Waals surface area contributed by atoms with E-state index in [1.54, 1.807) is 23.7 Å². The van der Waals surface area contributed by atoms with Gasteiger partial charge in [0.25, 0.3) is 0 Å². The monoisotopic (exact) mass is 187 g/mol. The van der Waals surface area contributed by atoms with Crippen LogP contribution < -0.4 is 0 Å². The van der Waals surface area contributed by atoms with Crippen LogP contribution in [-0.2, 0) is 0 Å². The Hall–Kier alpha value is -1.55. The molecule has 0 saturated carbocycles. The highest BCUT2D eigenvalue weighted by atomic mass is 32.1. The number of aromatic nitrogens is 3. The zero-order valence-electron chi connectivity index (χ0n) is 6.64. The van der Waals surface area contributed by atoms with Crippen molar-refractivity contribution < 1.29 is 0 Å². The molecule has 0 spiro atoms. The molecule has 4 heteroatoms. The maximum Gasteiger partial charge on any atom is 0.116 e. The van der Waals surface area contributed by atoms with Crippen LogP contribution in [0.4, 0.5) is 0 Å². The van der Waals surface area contributed by atoms with Gasteiger partial charge in [-0.3, -0.25) is 9.97 Å². The quantitative estimate of drug-likeness (QED) is 0.541. The van der Waals surface area contributed by atoms with Crippen LogP contribution in [0.25, 0.3) is 21.3 Å². The van der Waals surface area contributed by atoms with Gasteiger partial charge in [0.15, 0.2) is 0 Å². The van der Waals surface area contributed by atoms with Crippen LogP contribution in [0.15, 0.2) is 30.0 Å². The van der Waals surface area contributed by atoms with Gasteiger partial charge in [0.2, 0.25) is 0 Å². The molecule has 0 saturated heterocycles. The fourth-order valence-electron chi connectivity index (χ4n) is 1.36. The Balaban J connectivity index is 2.65. The molecule has 0 bridgehead atoms. The van der Waals surface area contributed by atoms with Crippen LogP contribution in [0.5, 0.6) is 0 Å². The van der Waals surface area contributed by atoms with Crippen LogP contribution in [0.2, 0.25) is 0 Å². The molecule has 3 aromatic rings. The largest absolute Gasteiger partial charge is 0.253 e. The van der Waals surface area contributed by atoms with E-state index in [1.165, 1.54) is 0 Å². The lowest BCUT2D eigenvalue weighted by Crippen LogP contribution is -1.82. The van der Waals surface area contributed by atoms with Gasteiger partial charge in [-0.25, -0.2) is 4.98 Å². The first-order valence-electron chi connectivity index (χ1n) is 3.88. The topological polar surface area (TPSA) is 38.7 Å². The number of thiazole rings is 1. The van der Waals surface area contributed by atoms with Gasteiger partial charge >= 0.3 is 0 Å². The molecule has 0 N–H and O–H groups in total. The fraction of sp³-hybridized carbons (Fsp3) is 0. The summed E-state index contributed by atoms with van der Waals surface area (Å²) in [5.41, 5.74) is 4.58. The number of hydrogen-bond donors (Lipinski definition) is 0. The number of nitrogens with zero attached hydrogens (tertiary/aromatic N) is 3.